The minimum Gasteiger partial charge on any atom is -0.480 e. The van der Waals surface area contributed by atoms with E-state index in [4.69, 9.17) is 9.47 Å². The van der Waals surface area contributed by atoms with Crippen LogP contribution < -0.4 is 16.0 Å². The fourth-order valence-electron chi connectivity index (χ4n) is 8.55. The minimum absolute atomic E-state index is 0.0493. The zero-order valence-electron chi connectivity index (χ0n) is 38.0. The topological polar surface area (TPSA) is 221 Å². The molecule has 8 atom stereocenters. The molecule has 17 nitrogen and oxygen atoms in total. The number of imide groups is 2. The van der Waals surface area contributed by atoms with E-state index < -0.39 is 89.2 Å². The van der Waals surface area contributed by atoms with Gasteiger partial charge in [0.05, 0.1) is 36.6 Å². The molecule has 1 aromatic rings. The molecule has 0 spiro atoms. The van der Waals surface area contributed by atoms with Gasteiger partial charge in [-0.3, -0.25) is 48.7 Å². The summed E-state index contributed by atoms with van der Waals surface area (Å²) < 4.78 is 11.9. The predicted octanol–water partition coefficient (Wildman–Crippen LogP) is 2.46. The van der Waals surface area contributed by atoms with Crippen molar-refractivity contribution in [3.63, 3.8) is 0 Å². The molecule has 62 heavy (non-hydrogen) atoms. The van der Waals surface area contributed by atoms with Gasteiger partial charge in [-0.2, -0.15) is 0 Å². The number of benzene rings is 1. The molecule has 4 N–H and O–H groups in total. The van der Waals surface area contributed by atoms with Crippen LogP contribution in [0.4, 0.5) is 0 Å². The van der Waals surface area contributed by atoms with Crippen LogP contribution in [0.25, 0.3) is 0 Å². The highest BCUT2D eigenvalue weighted by molar-refractivity contribution is 6.12. The Morgan fingerprint density at radius 2 is 1.58 bits per heavy atom. The Labute approximate surface area is 365 Å². The monoisotopic (exact) mass is 868 g/mol. The van der Waals surface area contributed by atoms with Crippen LogP contribution in [0, 0.1) is 17.8 Å². The number of methoxy groups -OCH3 is 2. The van der Waals surface area contributed by atoms with Gasteiger partial charge in [-0.05, 0) is 57.6 Å². The van der Waals surface area contributed by atoms with Crippen molar-refractivity contribution in [1.29, 1.82) is 0 Å². The number of carboxylic acid groups (broad SMARTS) is 1. The average molecular weight is 869 g/mol. The second-order valence-electron chi connectivity index (χ2n) is 17.3. The lowest BCUT2D eigenvalue weighted by Crippen LogP contribution is -2.62. The molecule has 1 fully saturated rings. The molecule has 1 aromatic carbocycles. The van der Waals surface area contributed by atoms with Crippen LogP contribution in [0.1, 0.15) is 92.6 Å². The maximum atomic E-state index is 14.3. The second kappa shape index (κ2) is 23.4. The van der Waals surface area contributed by atoms with Crippen molar-refractivity contribution in [3.05, 3.63) is 48.0 Å². The number of carbonyl (C=O) groups is 8. The second-order valence-corrected chi connectivity index (χ2v) is 17.3. The first-order chi connectivity index (χ1) is 29.2. The highest BCUT2D eigenvalue weighted by Gasteiger charge is 2.44. The number of likely N-dealkylation sites (tertiary alicyclic amines) is 1. The summed E-state index contributed by atoms with van der Waals surface area (Å²) in [5.74, 6) is -5.78. The molecule has 0 aromatic heterocycles. The number of rotatable bonds is 24. The van der Waals surface area contributed by atoms with Gasteiger partial charge in [-0.15, -0.1) is 0 Å². The summed E-state index contributed by atoms with van der Waals surface area (Å²) in [7, 11) is 4.75. The van der Waals surface area contributed by atoms with E-state index in [-0.39, 0.29) is 50.0 Å². The first-order valence-corrected chi connectivity index (χ1v) is 21.5. The summed E-state index contributed by atoms with van der Waals surface area (Å²) in [4.78, 5) is 109. The van der Waals surface area contributed by atoms with E-state index in [1.54, 1.807) is 43.1 Å². The number of carboxylic acids is 1. The quantitative estimate of drug-likeness (QED) is 0.110. The SMILES string of the molecule is CC[C@H](C)[C@@H]([C@@H](CC(=O)N1CCC[C@H]1[C@H](OC)[C@@H](C)C(=O)N[C@@H](Cc1ccccc1)C(=O)O)OC)N(C)[C@H](C(=O)NC(=O)C(C)(C)NC(=O)CCCN1C(=O)C=CC1=O)C(C)C. The van der Waals surface area contributed by atoms with Crippen LogP contribution in [-0.4, -0.2) is 143 Å². The Kier molecular flexibility index (Phi) is 19.4. The number of amides is 7. The van der Waals surface area contributed by atoms with Crippen LogP contribution in [0.15, 0.2) is 42.5 Å². The van der Waals surface area contributed by atoms with Crippen molar-refractivity contribution >= 4 is 47.3 Å². The molecule has 344 valence electrons. The standard InChI is InChI=1S/C45H68N6O11/c1-11-28(4)39(49(8)38(27(2)3)42(57)47-44(60)45(6,7)48-34(52)20-16-24-51-35(53)21-22-36(51)54)33(61-9)26-37(55)50-23-15-19-32(50)40(62-10)29(5)41(56)46-31(43(58)59)25-30-17-13-12-14-18-30/h12-14,17-18,21-22,27-29,31-33,38-40H,11,15-16,19-20,23-26H2,1-10H3,(H,46,56)(H,48,52)(H,58,59)(H,47,57,60)/t28-,29+,31-,32-,33+,38-,39-,40+/m0/s1. The van der Waals surface area contributed by atoms with E-state index >= 15 is 0 Å². The first-order valence-electron chi connectivity index (χ1n) is 21.5. The number of hydrogen-bond donors (Lipinski definition) is 4. The van der Waals surface area contributed by atoms with Gasteiger partial charge in [0.1, 0.15) is 11.6 Å². The Bertz CT molecular complexity index is 1770. The van der Waals surface area contributed by atoms with Crippen molar-refractivity contribution in [1.82, 2.24) is 30.7 Å². The number of nitrogens with one attached hydrogen (secondary N) is 3. The fourth-order valence-corrected chi connectivity index (χ4v) is 8.55. The summed E-state index contributed by atoms with van der Waals surface area (Å²) in [5.41, 5.74) is -0.729. The molecule has 2 heterocycles. The molecule has 0 aliphatic carbocycles. The Morgan fingerprint density at radius 3 is 2.13 bits per heavy atom. The van der Waals surface area contributed by atoms with Crippen molar-refractivity contribution in [2.45, 2.75) is 135 Å². The largest absolute Gasteiger partial charge is 0.480 e. The third-order valence-corrected chi connectivity index (χ3v) is 12.1. The lowest BCUT2D eigenvalue weighted by molar-refractivity contribution is -0.146. The summed E-state index contributed by atoms with van der Waals surface area (Å²) in [6, 6.07) is 6.06. The summed E-state index contributed by atoms with van der Waals surface area (Å²) in [6.45, 7) is 12.8. The maximum absolute atomic E-state index is 14.3. The molecule has 2 aliphatic heterocycles. The van der Waals surface area contributed by atoms with E-state index in [0.717, 1.165) is 10.5 Å². The summed E-state index contributed by atoms with van der Waals surface area (Å²) >= 11 is 0. The van der Waals surface area contributed by atoms with Crippen molar-refractivity contribution in [3.8, 4) is 0 Å². The molecule has 17 heteroatoms. The summed E-state index contributed by atoms with van der Waals surface area (Å²) in [6.07, 6.45) is 3.00. The van der Waals surface area contributed by atoms with Crippen LogP contribution in [0.2, 0.25) is 0 Å². The maximum Gasteiger partial charge on any atom is 0.326 e. The number of hydrogen-bond acceptors (Lipinski definition) is 11. The van der Waals surface area contributed by atoms with Gasteiger partial charge in [0, 0.05) is 58.3 Å². The highest BCUT2D eigenvalue weighted by Crippen LogP contribution is 2.30. The number of ether oxygens (including phenoxy) is 2. The van der Waals surface area contributed by atoms with Gasteiger partial charge in [-0.1, -0.05) is 71.4 Å². The van der Waals surface area contributed by atoms with E-state index in [1.807, 2.05) is 38.7 Å². The van der Waals surface area contributed by atoms with E-state index in [2.05, 4.69) is 16.0 Å². The smallest absolute Gasteiger partial charge is 0.326 e. The molecular formula is C45H68N6O11. The molecule has 0 unspecified atom stereocenters. The molecule has 3 rings (SSSR count). The molecule has 0 radical (unpaired) electrons. The van der Waals surface area contributed by atoms with E-state index in [9.17, 15) is 43.5 Å². The third kappa shape index (κ3) is 13.5. The summed E-state index contributed by atoms with van der Waals surface area (Å²) in [5, 5.41) is 17.7. The first kappa shape index (κ1) is 51.4. The minimum atomic E-state index is -1.49. The Morgan fingerprint density at radius 1 is 0.952 bits per heavy atom. The molecule has 1 saturated heterocycles. The number of likely N-dealkylation sites (N-methyl/N-ethyl adjacent to an activating group) is 1. The van der Waals surface area contributed by atoms with Crippen molar-refractivity contribution in [2.75, 3.05) is 34.4 Å². The third-order valence-electron chi connectivity index (χ3n) is 12.1. The molecular weight excluding hydrogens is 801 g/mol. The van der Waals surface area contributed by atoms with E-state index in [1.165, 1.54) is 40.2 Å². The van der Waals surface area contributed by atoms with Gasteiger partial charge in [0.2, 0.25) is 23.6 Å². The van der Waals surface area contributed by atoms with Crippen LogP contribution >= 0.6 is 0 Å². The number of aliphatic carboxylic acids is 1. The van der Waals surface area contributed by atoms with Crippen LogP contribution in [0.5, 0.6) is 0 Å². The number of nitrogens with zero attached hydrogens (tertiary/aromatic N) is 3. The molecule has 0 saturated carbocycles. The van der Waals surface area contributed by atoms with Crippen molar-refractivity contribution < 1.29 is 52.9 Å². The predicted molar refractivity (Wildman–Crippen MR) is 230 cm³/mol. The zero-order valence-corrected chi connectivity index (χ0v) is 38.0. The Hall–Kier alpha value is -5.00. The van der Waals surface area contributed by atoms with Gasteiger partial charge in [0.25, 0.3) is 17.7 Å². The van der Waals surface area contributed by atoms with Gasteiger partial charge in [0.15, 0.2) is 0 Å². The van der Waals surface area contributed by atoms with Gasteiger partial charge < -0.3 is 30.1 Å². The zero-order chi connectivity index (χ0) is 46.5. The number of carbonyl (C=O) groups excluding carboxylic acids is 7. The highest BCUT2D eigenvalue weighted by atomic mass is 16.5. The van der Waals surface area contributed by atoms with E-state index in [0.29, 0.717) is 25.8 Å². The van der Waals surface area contributed by atoms with Gasteiger partial charge in [-0.25, -0.2) is 4.79 Å². The van der Waals surface area contributed by atoms with Crippen LogP contribution in [-0.2, 0) is 54.3 Å². The Balaban J connectivity index is 1.71. The lowest BCUT2D eigenvalue weighted by atomic mass is 9.87. The molecule has 2 aliphatic rings. The van der Waals surface area contributed by atoms with Gasteiger partial charge >= 0.3 is 5.97 Å². The average Bonchev–Trinajstić information content (AvgIpc) is 3.83. The molecule has 0 bridgehead atoms. The van der Waals surface area contributed by atoms with Crippen LogP contribution in [0.3, 0.4) is 0 Å². The fraction of sp³-hybridized carbons (Fsp3) is 0.644. The van der Waals surface area contributed by atoms with Crippen molar-refractivity contribution in [2.24, 2.45) is 17.8 Å². The normalized spacial score (nSPS) is 18.9. The molecule has 7 amide bonds. The lowest BCUT2D eigenvalue weighted by Gasteiger charge is -2.43.